The Bertz CT molecular complexity index is 1420. The first-order valence-electron chi connectivity index (χ1n) is 13.3. The van der Waals surface area contributed by atoms with Crippen molar-refractivity contribution >= 4 is 45.0 Å². The summed E-state index contributed by atoms with van der Waals surface area (Å²) < 4.78 is 49.0. The first kappa shape index (κ1) is 27.9. The van der Waals surface area contributed by atoms with Crippen molar-refractivity contribution in [2.24, 2.45) is 0 Å². The van der Waals surface area contributed by atoms with Gasteiger partial charge in [-0.25, -0.2) is 12.8 Å². The molecule has 3 saturated heterocycles. The largest absolute Gasteiger partial charge is 0.379 e. The lowest BCUT2D eigenvalue weighted by atomic mass is 9.96. The van der Waals surface area contributed by atoms with Crippen LogP contribution in [0.5, 0.6) is 0 Å². The summed E-state index contributed by atoms with van der Waals surface area (Å²) in [4.78, 5) is 33.1. The standard InChI is InChI=1S/C27H29Cl2FN4O5S/c28-18-3-8-24(21(29)14-18)40(37,38)33-15-23(31-9-11-39-12-10-31)27(36)34-22(13-17-1-4-19(30)5-2-17)26(35)32(16-25(33)34)20-6-7-20/h1-5,8,14,20,22-23,25H,6-7,9-13,15-16H2. The number of morpholine rings is 1. The molecule has 1 saturated carbocycles. The zero-order chi connectivity index (χ0) is 28.2. The molecule has 214 valence electrons. The molecule has 1 aliphatic carbocycles. The highest BCUT2D eigenvalue weighted by molar-refractivity contribution is 7.89. The van der Waals surface area contributed by atoms with E-state index in [1.165, 1.54) is 39.5 Å². The molecule has 2 aromatic carbocycles. The van der Waals surface area contributed by atoms with Gasteiger partial charge in [-0.05, 0) is 48.7 Å². The van der Waals surface area contributed by atoms with Crippen LogP contribution in [0.3, 0.4) is 0 Å². The third kappa shape index (κ3) is 5.12. The average Bonchev–Trinajstić information content (AvgIpc) is 3.77. The second-order valence-corrected chi connectivity index (χ2v) is 13.3. The van der Waals surface area contributed by atoms with Gasteiger partial charge in [0.1, 0.15) is 29.0 Å². The zero-order valence-corrected chi connectivity index (χ0v) is 23.9. The monoisotopic (exact) mass is 610 g/mol. The van der Waals surface area contributed by atoms with Gasteiger partial charge in [-0.15, -0.1) is 0 Å². The van der Waals surface area contributed by atoms with Crippen LogP contribution >= 0.6 is 23.2 Å². The van der Waals surface area contributed by atoms with Crippen LogP contribution in [0, 0.1) is 5.82 Å². The quantitative estimate of drug-likeness (QED) is 0.499. The molecule has 2 amide bonds. The fourth-order valence-corrected chi connectivity index (χ4v) is 8.24. The summed E-state index contributed by atoms with van der Waals surface area (Å²) in [6.07, 6.45) is 0.852. The maximum absolute atomic E-state index is 14.3. The molecule has 40 heavy (non-hydrogen) atoms. The van der Waals surface area contributed by atoms with Crippen LogP contribution in [0.25, 0.3) is 0 Å². The van der Waals surface area contributed by atoms with Crippen molar-refractivity contribution in [3.8, 4) is 0 Å². The topological polar surface area (TPSA) is 90.5 Å². The van der Waals surface area contributed by atoms with E-state index in [1.807, 2.05) is 4.90 Å². The summed E-state index contributed by atoms with van der Waals surface area (Å²) in [5, 5.41) is 0.279. The summed E-state index contributed by atoms with van der Waals surface area (Å²) in [5.41, 5.74) is 0.674. The third-order valence-corrected chi connectivity index (χ3v) is 10.7. The molecular formula is C27H29Cl2FN4O5S. The van der Waals surface area contributed by atoms with Crippen LogP contribution < -0.4 is 0 Å². The van der Waals surface area contributed by atoms with E-state index in [-0.39, 0.29) is 47.3 Å². The molecule has 9 nitrogen and oxygen atoms in total. The Hall–Kier alpha value is -2.28. The Morgan fingerprint density at radius 3 is 2.30 bits per heavy atom. The molecule has 6 rings (SSSR count). The van der Waals surface area contributed by atoms with Crippen molar-refractivity contribution < 1.29 is 27.1 Å². The highest BCUT2D eigenvalue weighted by Crippen LogP contribution is 2.38. The number of halogens is 3. The van der Waals surface area contributed by atoms with Crippen LogP contribution in [0.4, 0.5) is 4.39 Å². The minimum atomic E-state index is -4.22. The predicted octanol–water partition coefficient (Wildman–Crippen LogP) is 2.61. The van der Waals surface area contributed by atoms with Gasteiger partial charge in [0, 0.05) is 37.1 Å². The normalized spacial score (nSPS) is 26.7. The number of amides is 2. The Kier molecular flexibility index (Phi) is 7.56. The van der Waals surface area contributed by atoms with Gasteiger partial charge in [0.15, 0.2) is 0 Å². The molecule has 3 aliphatic heterocycles. The summed E-state index contributed by atoms with van der Waals surface area (Å²) in [7, 11) is -4.22. The van der Waals surface area contributed by atoms with Crippen LogP contribution in [0.1, 0.15) is 18.4 Å². The van der Waals surface area contributed by atoms with Gasteiger partial charge in [-0.1, -0.05) is 35.3 Å². The van der Waals surface area contributed by atoms with E-state index in [2.05, 4.69) is 0 Å². The number of nitrogens with zero attached hydrogens (tertiary/aromatic N) is 4. The maximum atomic E-state index is 14.3. The predicted molar refractivity (Wildman–Crippen MR) is 146 cm³/mol. The summed E-state index contributed by atoms with van der Waals surface area (Å²) in [5.74, 6) is -0.924. The van der Waals surface area contributed by atoms with Crippen molar-refractivity contribution in [2.75, 3.05) is 39.4 Å². The number of rotatable bonds is 6. The van der Waals surface area contributed by atoms with Gasteiger partial charge in [0.2, 0.25) is 21.8 Å². The molecule has 4 aliphatic rings. The van der Waals surface area contributed by atoms with E-state index in [4.69, 9.17) is 27.9 Å². The number of carbonyl (C=O) groups is 2. The fraction of sp³-hybridized carbons (Fsp3) is 0.481. The van der Waals surface area contributed by atoms with Crippen LogP contribution in [0.2, 0.25) is 10.0 Å². The molecular weight excluding hydrogens is 582 g/mol. The summed E-state index contributed by atoms with van der Waals surface area (Å²) in [6.45, 7) is 1.71. The third-order valence-electron chi connectivity index (χ3n) is 8.11. The highest BCUT2D eigenvalue weighted by Gasteiger charge is 2.56. The number of hydrogen-bond donors (Lipinski definition) is 0. The average molecular weight is 612 g/mol. The van der Waals surface area contributed by atoms with Crippen molar-refractivity contribution in [2.45, 2.75) is 48.4 Å². The lowest BCUT2D eigenvalue weighted by molar-refractivity contribution is -0.172. The van der Waals surface area contributed by atoms with Crippen LogP contribution in [0.15, 0.2) is 47.4 Å². The highest BCUT2D eigenvalue weighted by atomic mass is 35.5. The van der Waals surface area contributed by atoms with Crippen molar-refractivity contribution in [3.05, 3.63) is 63.9 Å². The molecule has 4 fully saturated rings. The molecule has 0 N–H and O–H groups in total. The second-order valence-electron chi connectivity index (χ2n) is 10.6. The maximum Gasteiger partial charge on any atom is 0.246 e. The minimum absolute atomic E-state index is 0.00103. The lowest BCUT2D eigenvalue weighted by Gasteiger charge is -2.55. The molecule has 0 bridgehead atoms. The number of benzene rings is 2. The van der Waals surface area contributed by atoms with E-state index in [9.17, 15) is 22.4 Å². The lowest BCUT2D eigenvalue weighted by Crippen LogP contribution is -2.76. The van der Waals surface area contributed by atoms with Crippen molar-refractivity contribution in [1.29, 1.82) is 0 Å². The number of ether oxygens (including phenoxy) is 1. The van der Waals surface area contributed by atoms with Crippen molar-refractivity contribution in [3.63, 3.8) is 0 Å². The number of fused-ring (bicyclic) bond motifs is 1. The molecule has 0 aromatic heterocycles. The van der Waals surface area contributed by atoms with Crippen molar-refractivity contribution in [1.82, 2.24) is 19.0 Å². The molecule has 3 atom stereocenters. The molecule has 3 heterocycles. The number of hydrogen-bond acceptors (Lipinski definition) is 6. The Morgan fingerprint density at radius 2 is 1.65 bits per heavy atom. The summed E-state index contributed by atoms with van der Waals surface area (Å²) in [6, 6.07) is 8.25. The van der Waals surface area contributed by atoms with Gasteiger partial charge in [0.25, 0.3) is 0 Å². The van der Waals surface area contributed by atoms with E-state index in [1.54, 1.807) is 17.0 Å². The van der Waals surface area contributed by atoms with Gasteiger partial charge in [-0.2, -0.15) is 4.31 Å². The van der Waals surface area contributed by atoms with Gasteiger partial charge in [0.05, 0.1) is 24.8 Å². The molecule has 2 aromatic rings. The van der Waals surface area contributed by atoms with E-state index >= 15 is 0 Å². The Labute approximate surface area is 242 Å². The number of carbonyl (C=O) groups excluding carboxylic acids is 2. The summed E-state index contributed by atoms with van der Waals surface area (Å²) >= 11 is 12.4. The second kappa shape index (κ2) is 10.8. The first-order valence-corrected chi connectivity index (χ1v) is 15.5. The molecule has 0 radical (unpaired) electrons. The van der Waals surface area contributed by atoms with Gasteiger partial charge < -0.3 is 14.5 Å². The smallest absolute Gasteiger partial charge is 0.246 e. The number of sulfonamides is 1. The van der Waals surface area contributed by atoms with Gasteiger partial charge in [-0.3, -0.25) is 14.5 Å². The fourth-order valence-electron chi connectivity index (χ4n) is 5.92. The van der Waals surface area contributed by atoms with E-state index < -0.39 is 34.1 Å². The minimum Gasteiger partial charge on any atom is -0.379 e. The Balaban J connectivity index is 1.45. The SMILES string of the molecule is O=C1C(Cc2ccc(F)cc2)N2C(=O)C(N3CCOCC3)CN(S(=O)(=O)c3ccc(Cl)cc3Cl)C2CN1C1CC1. The van der Waals surface area contributed by atoms with E-state index in [0.29, 0.717) is 36.9 Å². The van der Waals surface area contributed by atoms with Gasteiger partial charge >= 0.3 is 0 Å². The molecule has 13 heteroatoms. The molecule has 0 spiro atoms. The first-order chi connectivity index (χ1) is 19.1. The molecule has 3 unspecified atom stereocenters. The zero-order valence-electron chi connectivity index (χ0n) is 21.6. The Morgan fingerprint density at radius 1 is 0.950 bits per heavy atom. The number of piperazine rings is 1. The van der Waals surface area contributed by atoms with E-state index in [0.717, 1.165) is 12.8 Å². The van der Waals surface area contributed by atoms with Crippen LogP contribution in [-0.2, 0) is 30.8 Å². The van der Waals surface area contributed by atoms with Crippen LogP contribution in [-0.4, -0.2) is 103 Å².